The molecule has 0 saturated heterocycles. The van der Waals surface area contributed by atoms with Crippen LogP contribution in [0.1, 0.15) is 13.8 Å². The molecule has 0 aliphatic carbocycles. The maximum atomic E-state index is 6.73. The maximum absolute atomic E-state index is 6.73. The van der Waals surface area contributed by atoms with Gasteiger partial charge in [-0.1, -0.05) is 36.6 Å². The Morgan fingerprint density at radius 2 is 1.07 bits per heavy atom. The van der Waals surface area contributed by atoms with Gasteiger partial charge in [-0.15, -0.1) is 0 Å². The van der Waals surface area contributed by atoms with Crippen molar-refractivity contribution in [2.75, 3.05) is 64.4 Å². The van der Waals surface area contributed by atoms with E-state index in [1.54, 1.807) is 22.8 Å². The number of rotatable bonds is 4. The smallest absolute Gasteiger partial charge is 0.300 e. The van der Waals surface area contributed by atoms with Crippen molar-refractivity contribution in [1.82, 2.24) is 0 Å². The van der Waals surface area contributed by atoms with Gasteiger partial charge in [0.15, 0.2) is 5.61 Å². The first kappa shape index (κ1) is 25.0. The molecular formula is C12H26Cl2N3O5P3S2. The third-order valence-electron chi connectivity index (χ3n) is 2.97. The zero-order valence-electron chi connectivity index (χ0n) is 15.4. The molecule has 2 aliphatic heterocycles. The maximum Gasteiger partial charge on any atom is 0.300 e. The van der Waals surface area contributed by atoms with Crippen LogP contribution < -0.4 is 0 Å². The molecule has 2 heterocycles. The average Bonchev–Trinajstić information content (AvgIpc) is 2.57. The van der Waals surface area contributed by atoms with Crippen LogP contribution in [0.2, 0.25) is 0 Å². The van der Waals surface area contributed by atoms with E-state index in [9.17, 15) is 0 Å². The second-order valence-electron chi connectivity index (χ2n) is 5.04. The Morgan fingerprint density at radius 1 is 0.667 bits per heavy atom. The van der Waals surface area contributed by atoms with Crippen LogP contribution in [0.25, 0.3) is 0 Å². The van der Waals surface area contributed by atoms with E-state index >= 15 is 0 Å². The summed E-state index contributed by atoms with van der Waals surface area (Å²) >= 11 is 16.8. The molecule has 0 amide bonds. The predicted octanol–water partition coefficient (Wildman–Crippen LogP) is 6.92. The fourth-order valence-corrected chi connectivity index (χ4v) is 25.6. The van der Waals surface area contributed by atoms with Crippen molar-refractivity contribution in [2.24, 2.45) is 13.5 Å². The Labute approximate surface area is 179 Å². The number of hydrogen-bond donors (Lipinski definition) is 0. The monoisotopic (exact) mass is 519 g/mol. The van der Waals surface area contributed by atoms with Gasteiger partial charge in [-0.2, -0.15) is 13.5 Å². The molecule has 0 radical (unpaired) electrons. The van der Waals surface area contributed by atoms with E-state index in [1.807, 2.05) is 0 Å². The van der Waals surface area contributed by atoms with Crippen LogP contribution in [0.4, 0.5) is 0 Å². The number of nitrogens with zero attached hydrogens (tertiary/aromatic N) is 3. The van der Waals surface area contributed by atoms with Crippen LogP contribution in [0.15, 0.2) is 13.5 Å². The molecule has 160 valence electrons. The summed E-state index contributed by atoms with van der Waals surface area (Å²) in [6.07, 6.45) is 0. The first-order valence-corrected chi connectivity index (χ1v) is 18.5. The van der Waals surface area contributed by atoms with Gasteiger partial charge in [0.05, 0.1) is 52.9 Å². The molecule has 2 atom stereocenters. The number of hydrogen-bond acceptors (Lipinski definition) is 10. The lowest BCUT2D eigenvalue weighted by atomic mass is 10.7. The molecule has 27 heavy (non-hydrogen) atoms. The Balaban J connectivity index is 2.30. The summed E-state index contributed by atoms with van der Waals surface area (Å²) in [6.45, 7) is 1.42. The Hall–Kier alpha value is 1.77. The molecule has 8 nitrogen and oxygen atoms in total. The molecule has 0 aromatic rings. The van der Waals surface area contributed by atoms with Gasteiger partial charge in [-0.05, 0) is 34.0 Å². The van der Waals surface area contributed by atoms with Crippen LogP contribution in [-0.2, 0) is 23.3 Å². The van der Waals surface area contributed by atoms with E-state index < -0.39 is 19.2 Å². The van der Waals surface area contributed by atoms with Crippen LogP contribution in [-0.4, -0.2) is 64.4 Å². The van der Waals surface area contributed by atoms with E-state index in [0.29, 0.717) is 39.6 Å². The minimum atomic E-state index is -2.98. The zero-order valence-corrected chi connectivity index (χ0v) is 21.2. The summed E-state index contributed by atoms with van der Waals surface area (Å²) in [5, 5.41) is 0. The Kier molecular flexibility index (Phi) is 11.7. The molecule has 2 unspecified atom stereocenters. The second kappa shape index (κ2) is 12.6. The van der Waals surface area contributed by atoms with E-state index in [-0.39, 0.29) is 13.2 Å². The minimum absolute atomic E-state index is 0.276. The van der Waals surface area contributed by atoms with Crippen LogP contribution in [0.5, 0.6) is 0 Å². The number of halogens is 2. The highest BCUT2D eigenvalue weighted by Crippen LogP contribution is 2.89. The minimum Gasteiger partial charge on any atom is -0.377 e. The van der Waals surface area contributed by atoms with Gasteiger partial charge in [0.1, 0.15) is 0 Å². The van der Waals surface area contributed by atoms with E-state index in [1.165, 1.54) is 0 Å². The molecule has 0 saturated carbocycles. The lowest BCUT2D eigenvalue weighted by molar-refractivity contribution is 0.00576. The molecule has 0 aromatic carbocycles. The first-order chi connectivity index (χ1) is 12.9. The van der Waals surface area contributed by atoms with Gasteiger partial charge in [-0.3, -0.25) is 0 Å². The van der Waals surface area contributed by atoms with Gasteiger partial charge in [-0.25, -0.2) is 0 Å². The molecule has 0 spiro atoms. The summed E-state index contributed by atoms with van der Waals surface area (Å²) in [6, 6.07) is 0. The number of ether oxygens (including phenoxy) is 3. The van der Waals surface area contributed by atoms with E-state index in [2.05, 4.69) is 18.4 Å². The number of fused-ring (bicyclic) bond motifs is 1. The fraction of sp³-hybridized carbons (Fsp3) is 1.00. The highest BCUT2D eigenvalue weighted by Gasteiger charge is 2.37. The van der Waals surface area contributed by atoms with Gasteiger partial charge < -0.3 is 23.3 Å². The van der Waals surface area contributed by atoms with E-state index in [0.717, 1.165) is 11.5 Å². The van der Waals surface area contributed by atoms with Gasteiger partial charge in [0, 0.05) is 0 Å². The highest BCUT2D eigenvalue weighted by molar-refractivity contribution is 8.91. The quantitative estimate of drug-likeness (QED) is 0.372. The normalized spacial score (nSPS) is 33.3. The van der Waals surface area contributed by atoms with Gasteiger partial charge in [0.2, 0.25) is 0 Å². The molecule has 0 fully saturated rings. The largest absolute Gasteiger partial charge is 0.377 e. The highest BCUT2D eigenvalue weighted by atomic mass is 35.7. The molecule has 0 aromatic heterocycles. The summed E-state index contributed by atoms with van der Waals surface area (Å²) in [7, 11) is 0. The third-order valence-corrected chi connectivity index (χ3v) is 21.6. The SMILES string of the molecule is CCSP1(SCC)=NP2(Cl)=NP(Cl)(=N1)OCCOCCOCCOCCO2. The van der Waals surface area contributed by atoms with Gasteiger partial charge >= 0.3 is 0 Å². The molecule has 2 rings (SSSR count). The van der Waals surface area contributed by atoms with Crippen molar-refractivity contribution < 1.29 is 23.3 Å². The first-order valence-electron chi connectivity index (χ1n) is 8.57. The Bertz CT molecular complexity index is 614. The lowest BCUT2D eigenvalue weighted by Crippen LogP contribution is -2.13. The second-order valence-corrected chi connectivity index (χ2v) is 20.2. The molecule has 2 aliphatic rings. The van der Waals surface area contributed by atoms with Crippen molar-refractivity contribution in [3.63, 3.8) is 0 Å². The summed E-state index contributed by atoms with van der Waals surface area (Å²) < 4.78 is 42.2. The zero-order chi connectivity index (χ0) is 19.6. The van der Waals surface area contributed by atoms with Crippen molar-refractivity contribution in [3.8, 4) is 0 Å². The van der Waals surface area contributed by atoms with E-state index in [4.69, 9.17) is 54.8 Å². The topological polar surface area (TPSA) is 83.2 Å². The van der Waals surface area contributed by atoms with Crippen LogP contribution in [0, 0.1) is 0 Å². The summed E-state index contributed by atoms with van der Waals surface area (Å²) in [5.74, 6) is 1.68. The molecule has 15 heteroatoms. The predicted molar refractivity (Wildman–Crippen MR) is 120 cm³/mol. The third kappa shape index (κ3) is 8.80. The standard InChI is InChI=1S/C12H26Cl2N3O5P3S2/c1-3-26-25(27-4-2)16-23(13)15-24(14,17-25)22-12-10-20-8-6-18-5-7-19-9-11-21-23/h3-12H2,1-2H3. The van der Waals surface area contributed by atoms with Gasteiger partial charge in [0.25, 0.3) is 13.6 Å². The Morgan fingerprint density at radius 3 is 1.52 bits per heavy atom. The summed E-state index contributed by atoms with van der Waals surface area (Å²) in [5.41, 5.74) is -2.27. The summed E-state index contributed by atoms with van der Waals surface area (Å²) in [4.78, 5) is 0. The lowest BCUT2D eigenvalue weighted by Gasteiger charge is -2.29. The molecule has 0 N–H and O–H groups in total. The van der Waals surface area contributed by atoms with Crippen molar-refractivity contribution in [3.05, 3.63) is 0 Å². The van der Waals surface area contributed by atoms with Crippen LogP contribution >= 0.6 is 64.4 Å². The van der Waals surface area contributed by atoms with Crippen molar-refractivity contribution >= 4 is 64.4 Å². The molecule has 2 bridgehead atoms. The van der Waals surface area contributed by atoms with Crippen molar-refractivity contribution in [2.45, 2.75) is 13.8 Å². The van der Waals surface area contributed by atoms with Crippen LogP contribution in [0.3, 0.4) is 0 Å². The fourth-order valence-electron chi connectivity index (χ4n) is 2.02. The molecular weight excluding hydrogens is 494 g/mol. The van der Waals surface area contributed by atoms with Crippen molar-refractivity contribution in [1.29, 1.82) is 0 Å². The average molecular weight is 520 g/mol.